The van der Waals surface area contributed by atoms with Crippen LogP contribution in [-0.2, 0) is 4.74 Å². The number of ether oxygens (including phenoxy) is 1. The predicted molar refractivity (Wildman–Crippen MR) is 31.3 cm³/mol. The molecule has 0 aromatic carbocycles. The van der Waals surface area contributed by atoms with Gasteiger partial charge in [0.15, 0.2) is 6.23 Å². The van der Waals surface area contributed by atoms with Crippen LogP contribution in [0.15, 0.2) is 0 Å². The van der Waals surface area contributed by atoms with E-state index in [4.69, 9.17) is 5.11 Å². The van der Waals surface area contributed by atoms with Gasteiger partial charge in [0.05, 0.1) is 0 Å². The van der Waals surface area contributed by atoms with Gasteiger partial charge < -0.3 is 15.6 Å². The lowest BCUT2D eigenvalue weighted by atomic mass is 10.6. The van der Waals surface area contributed by atoms with Crippen LogP contribution >= 0.6 is 0 Å². The third kappa shape index (κ3) is 4.69. The van der Waals surface area contributed by atoms with E-state index in [0.717, 1.165) is 0 Å². The second kappa shape index (κ2) is 3.54. The Kier molecular flexibility index (Phi) is 3.03. The molecule has 0 aliphatic carbocycles. The summed E-state index contributed by atoms with van der Waals surface area (Å²) in [4.78, 5) is 19.8. The first-order valence-corrected chi connectivity index (χ1v) is 2.48. The monoisotopic (exact) mass is 148 g/mol. The van der Waals surface area contributed by atoms with Gasteiger partial charge in [-0.05, 0) is 6.92 Å². The molecule has 0 aliphatic heterocycles. The molecule has 58 valence electrons. The number of nitrogens with two attached hydrogens (primary N) is 1. The number of nitrogens with one attached hydrogen (secondary N) is 1. The number of rotatable bonds is 2. The van der Waals surface area contributed by atoms with E-state index in [0.29, 0.717) is 0 Å². The minimum absolute atomic E-state index is 0.907. The highest BCUT2D eigenvalue weighted by atomic mass is 16.6. The molecular formula is C4H8N2O4. The second-order valence-corrected chi connectivity index (χ2v) is 1.53. The second-order valence-electron chi connectivity index (χ2n) is 1.53. The molecule has 0 rings (SSSR count). The van der Waals surface area contributed by atoms with Gasteiger partial charge in [0.1, 0.15) is 0 Å². The molecule has 0 spiro atoms. The van der Waals surface area contributed by atoms with Crippen molar-refractivity contribution in [1.82, 2.24) is 5.32 Å². The molecule has 10 heavy (non-hydrogen) atoms. The summed E-state index contributed by atoms with van der Waals surface area (Å²) in [5, 5.41) is 9.92. The van der Waals surface area contributed by atoms with Gasteiger partial charge in [-0.25, -0.2) is 9.59 Å². The van der Waals surface area contributed by atoms with Gasteiger partial charge in [0.25, 0.3) is 0 Å². The first kappa shape index (κ1) is 8.54. The van der Waals surface area contributed by atoms with Crippen molar-refractivity contribution in [3.05, 3.63) is 0 Å². The summed E-state index contributed by atoms with van der Waals surface area (Å²) in [6.45, 7) is 1.35. The van der Waals surface area contributed by atoms with Crippen LogP contribution in [0.3, 0.4) is 0 Å². The van der Waals surface area contributed by atoms with Gasteiger partial charge in [-0.3, -0.25) is 5.32 Å². The predicted octanol–water partition coefficient (Wildman–Crippen LogP) is -0.305. The zero-order valence-corrected chi connectivity index (χ0v) is 5.33. The van der Waals surface area contributed by atoms with Crippen LogP contribution in [-0.4, -0.2) is 23.5 Å². The lowest BCUT2D eigenvalue weighted by Crippen LogP contribution is -2.36. The summed E-state index contributed by atoms with van der Waals surface area (Å²) in [5.74, 6) is 0. The molecule has 0 fully saturated rings. The van der Waals surface area contributed by atoms with E-state index >= 15 is 0 Å². The van der Waals surface area contributed by atoms with Crippen LogP contribution in [0.5, 0.6) is 0 Å². The summed E-state index contributed by atoms with van der Waals surface area (Å²) in [5.41, 5.74) is 4.57. The molecule has 0 aromatic rings. The lowest BCUT2D eigenvalue weighted by molar-refractivity contribution is 0.0935. The molecule has 0 saturated carbocycles. The van der Waals surface area contributed by atoms with Crippen molar-refractivity contribution < 1.29 is 19.4 Å². The number of carbonyl (C=O) groups is 2. The maximum atomic E-state index is 9.96. The fourth-order valence-electron chi connectivity index (χ4n) is 0.378. The van der Waals surface area contributed by atoms with E-state index in [-0.39, 0.29) is 0 Å². The van der Waals surface area contributed by atoms with Crippen molar-refractivity contribution in [2.24, 2.45) is 5.73 Å². The summed E-state index contributed by atoms with van der Waals surface area (Å²) < 4.78 is 4.21. The fraction of sp³-hybridized carbons (Fsp3) is 0.500. The third-order valence-corrected chi connectivity index (χ3v) is 0.620. The molecule has 2 amide bonds. The van der Waals surface area contributed by atoms with E-state index < -0.39 is 18.4 Å². The Bertz CT molecular complexity index is 130. The van der Waals surface area contributed by atoms with Crippen LogP contribution in [0.25, 0.3) is 0 Å². The topological polar surface area (TPSA) is 102 Å². The maximum absolute atomic E-state index is 9.96. The standard InChI is InChI=1S/C4H8N2O4/c1-2(6-4(8)9)10-3(5)7/h2,6H,1H3,(H2,5,7)(H,8,9). The minimum Gasteiger partial charge on any atom is -0.465 e. The van der Waals surface area contributed by atoms with Crippen LogP contribution in [0.1, 0.15) is 6.92 Å². The Morgan fingerprint density at radius 2 is 2.20 bits per heavy atom. The first-order valence-electron chi connectivity index (χ1n) is 2.48. The number of carbonyl (C=O) groups excluding carboxylic acids is 1. The van der Waals surface area contributed by atoms with E-state index in [1.54, 1.807) is 0 Å². The van der Waals surface area contributed by atoms with Crippen molar-refractivity contribution in [2.75, 3.05) is 0 Å². The smallest absolute Gasteiger partial charge is 0.407 e. The van der Waals surface area contributed by atoms with Crippen molar-refractivity contribution in [3.63, 3.8) is 0 Å². The van der Waals surface area contributed by atoms with Gasteiger partial charge in [-0.1, -0.05) is 0 Å². The molecule has 4 N–H and O–H groups in total. The van der Waals surface area contributed by atoms with Crippen molar-refractivity contribution in [2.45, 2.75) is 13.2 Å². The first-order chi connectivity index (χ1) is 4.52. The molecule has 1 unspecified atom stereocenters. The molecular weight excluding hydrogens is 140 g/mol. The summed E-state index contributed by atoms with van der Waals surface area (Å²) in [7, 11) is 0. The number of hydrogen-bond donors (Lipinski definition) is 3. The van der Waals surface area contributed by atoms with E-state index in [2.05, 4.69) is 10.5 Å². The van der Waals surface area contributed by atoms with E-state index in [1.165, 1.54) is 6.92 Å². The van der Waals surface area contributed by atoms with Crippen LogP contribution in [0.4, 0.5) is 9.59 Å². The molecule has 6 nitrogen and oxygen atoms in total. The third-order valence-electron chi connectivity index (χ3n) is 0.620. The molecule has 0 radical (unpaired) electrons. The summed E-state index contributed by atoms with van der Waals surface area (Å²) >= 11 is 0. The summed E-state index contributed by atoms with van der Waals surface area (Å²) in [6, 6.07) is 0. The Labute approximate surface area is 57.0 Å². The average Bonchev–Trinajstić information content (AvgIpc) is 1.58. The quantitative estimate of drug-likeness (QED) is 0.467. The van der Waals surface area contributed by atoms with Gasteiger partial charge >= 0.3 is 12.2 Å². The SMILES string of the molecule is CC(NC(=O)O)OC(N)=O. The molecule has 6 heteroatoms. The van der Waals surface area contributed by atoms with Crippen molar-refractivity contribution in [1.29, 1.82) is 0 Å². The summed E-state index contributed by atoms with van der Waals surface area (Å²) in [6.07, 6.45) is -3.19. The molecule has 0 aromatic heterocycles. The highest BCUT2D eigenvalue weighted by Crippen LogP contribution is 1.83. The molecule has 0 saturated heterocycles. The van der Waals surface area contributed by atoms with Crippen molar-refractivity contribution >= 4 is 12.2 Å². The highest BCUT2D eigenvalue weighted by Gasteiger charge is 2.06. The highest BCUT2D eigenvalue weighted by molar-refractivity contribution is 5.67. The zero-order chi connectivity index (χ0) is 8.15. The van der Waals surface area contributed by atoms with Gasteiger partial charge in [-0.2, -0.15) is 0 Å². The molecule has 0 heterocycles. The van der Waals surface area contributed by atoms with Crippen molar-refractivity contribution in [3.8, 4) is 0 Å². The Hall–Kier alpha value is -1.46. The lowest BCUT2D eigenvalue weighted by Gasteiger charge is -2.09. The molecule has 0 aliphatic rings. The van der Waals surface area contributed by atoms with E-state index in [9.17, 15) is 9.59 Å². The van der Waals surface area contributed by atoms with Gasteiger partial charge in [0, 0.05) is 0 Å². The number of amides is 2. The van der Waals surface area contributed by atoms with E-state index in [1.807, 2.05) is 5.32 Å². The Balaban J connectivity index is 3.53. The van der Waals surface area contributed by atoms with Crippen LogP contribution < -0.4 is 11.1 Å². The molecule has 1 atom stereocenters. The molecule has 0 bridgehead atoms. The maximum Gasteiger partial charge on any atom is 0.407 e. The zero-order valence-electron chi connectivity index (χ0n) is 5.33. The fourth-order valence-corrected chi connectivity index (χ4v) is 0.378. The Morgan fingerprint density at radius 3 is 2.50 bits per heavy atom. The van der Waals surface area contributed by atoms with Crippen LogP contribution in [0.2, 0.25) is 0 Å². The van der Waals surface area contributed by atoms with Crippen LogP contribution in [0, 0.1) is 0 Å². The van der Waals surface area contributed by atoms with Gasteiger partial charge in [0.2, 0.25) is 0 Å². The normalized spacial score (nSPS) is 11.7. The largest absolute Gasteiger partial charge is 0.465 e. The number of primary amides is 1. The average molecular weight is 148 g/mol. The Morgan fingerprint density at radius 1 is 1.70 bits per heavy atom. The minimum atomic E-state index is -1.27. The van der Waals surface area contributed by atoms with Gasteiger partial charge in [-0.15, -0.1) is 0 Å². The number of hydrogen-bond acceptors (Lipinski definition) is 3. The number of carboxylic acid groups (broad SMARTS) is 1.